The number of carbonyl (C=O) groups is 1. The van der Waals surface area contributed by atoms with Crippen molar-refractivity contribution in [1.29, 1.82) is 0 Å². The molecule has 1 aromatic carbocycles. The molecule has 4 rings (SSSR count). The van der Waals surface area contributed by atoms with Gasteiger partial charge in [0.05, 0.1) is 6.04 Å². The van der Waals surface area contributed by atoms with E-state index in [4.69, 9.17) is 4.52 Å². The van der Waals surface area contributed by atoms with Crippen LogP contribution in [0.25, 0.3) is 10.1 Å². The summed E-state index contributed by atoms with van der Waals surface area (Å²) in [4.78, 5) is 21.5. The number of thiophene rings is 1. The van der Waals surface area contributed by atoms with Gasteiger partial charge in [-0.3, -0.25) is 9.69 Å². The molecule has 1 saturated heterocycles. The van der Waals surface area contributed by atoms with Crippen LogP contribution in [0.15, 0.2) is 34.2 Å². The molecule has 0 bridgehead atoms. The molecule has 26 heavy (non-hydrogen) atoms. The van der Waals surface area contributed by atoms with Crippen LogP contribution in [0.3, 0.4) is 0 Å². The highest BCUT2D eigenvalue weighted by molar-refractivity contribution is 7.17. The summed E-state index contributed by atoms with van der Waals surface area (Å²) in [5.74, 6) is 1.51. The highest BCUT2D eigenvalue weighted by Gasteiger charge is 2.28. The second-order valence-electron chi connectivity index (χ2n) is 6.58. The van der Waals surface area contributed by atoms with E-state index >= 15 is 0 Å². The van der Waals surface area contributed by atoms with Crippen molar-refractivity contribution in [2.24, 2.45) is 0 Å². The zero-order chi connectivity index (χ0) is 18.1. The van der Waals surface area contributed by atoms with Gasteiger partial charge in [0.15, 0.2) is 5.82 Å². The number of carbonyl (C=O) groups excluding carboxylic acids is 1. The summed E-state index contributed by atoms with van der Waals surface area (Å²) >= 11 is 1.70. The lowest BCUT2D eigenvalue weighted by atomic mass is 10.1. The fraction of sp³-hybridized carbons (Fsp3) is 0.421. The first-order valence-corrected chi connectivity index (χ1v) is 9.86. The number of amides is 1. The van der Waals surface area contributed by atoms with E-state index < -0.39 is 0 Å². The monoisotopic (exact) mass is 370 g/mol. The van der Waals surface area contributed by atoms with Gasteiger partial charge in [-0.05, 0) is 42.0 Å². The Bertz CT molecular complexity index is 911. The first kappa shape index (κ1) is 17.2. The van der Waals surface area contributed by atoms with Gasteiger partial charge in [-0.2, -0.15) is 4.98 Å². The molecule has 7 heteroatoms. The number of benzene rings is 1. The van der Waals surface area contributed by atoms with Crippen LogP contribution in [-0.4, -0.2) is 52.0 Å². The molecule has 3 aromatic rings. The van der Waals surface area contributed by atoms with Crippen LogP contribution in [0.2, 0.25) is 0 Å². The van der Waals surface area contributed by atoms with E-state index in [-0.39, 0.29) is 11.9 Å². The quantitative estimate of drug-likeness (QED) is 0.705. The number of rotatable bonds is 4. The molecular formula is C19H22N4O2S. The molecule has 1 atom stereocenters. The van der Waals surface area contributed by atoms with E-state index in [1.54, 1.807) is 11.3 Å². The van der Waals surface area contributed by atoms with Gasteiger partial charge in [0.2, 0.25) is 5.89 Å². The Morgan fingerprint density at radius 3 is 2.81 bits per heavy atom. The molecule has 2 aromatic heterocycles. The smallest absolute Gasteiger partial charge is 0.253 e. The SMILES string of the molecule is CCc1noc(C(C)N2CCN(C(=O)c3ccc4sccc4c3)CC2)n1. The Morgan fingerprint density at radius 2 is 2.08 bits per heavy atom. The largest absolute Gasteiger partial charge is 0.338 e. The number of piperazine rings is 1. The van der Waals surface area contributed by atoms with Crippen molar-refractivity contribution < 1.29 is 9.32 Å². The molecule has 1 fully saturated rings. The van der Waals surface area contributed by atoms with E-state index in [0.717, 1.165) is 36.3 Å². The first-order valence-electron chi connectivity index (χ1n) is 8.98. The second-order valence-corrected chi connectivity index (χ2v) is 7.53. The topological polar surface area (TPSA) is 62.5 Å². The standard InChI is InChI=1S/C19H22N4O2S/c1-3-17-20-18(25-21-17)13(2)22-7-9-23(10-8-22)19(24)15-4-5-16-14(12-15)6-11-26-16/h4-6,11-13H,3,7-10H2,1-2H3. The number of hydrogen-bond donors (Lipinski definition) is 0. The Hall–Kier alpha value is -2.25. The minimum absolute atomic E-state index is 0.0715. The molecule has 0 radical (unpaired) electrons. The normalized spacial score (nSPS) is 16.9. The fourth-order valence-corrected chi connectivity index (χ4v) is 4.10. The molecule has 6 nitrogen and oxygen atoms in total. The molecule has 3 heterocycles. The lowest BCUT2D eigenvalue weighted by Crippen LogP contribution is -2.49. The zero-order valence-electron chi connectivity index (χ0n) is 15.0. The van der Waals surface area contributed by atoms with Crippen LogP contribution in [0.1, 0.15) is 42.0 Å². The predicted octanol–water partition coefficient (Wildman–Crippen LogP) is 3.37. The molecule has 0 saturated carbocycles. The summed E-state index contributed by atoms with van der Waals surface area (Å²) in [6.45, 7) is 7.11. The summed E-state index contributed by atoms with van der Waals surface area (Å²) in [6.07, 6.45) is 0.771. The van der Waals surface area contributed by atoms with E-state index in [2.05, 4.69) is 33.4 Å². The van der Waals surface area contributed by atoms with Crippen molar-refractivity contribution in [1.82, 2.24) is 19.9 Å². The van der Waals surface area contributed by atoms with Gasteiger partial charge >= 0.3 is 0 Å². The van der Waals surface area contributed by atoms with Crippen molar-refractivity contribution >= 4 is 27.3 Å². The third kappa shape index (κ3) is 3.24. The maximum absolute atomic E-state index is 12.8. The number of fused-ring (bicyclic) bond motifs is 1. The average Bonchev–Trinajstić information content (AvgIpc) is 3.35. The van der Waals surface area contributed by atoms with Gasteiger partial charge in [0.25, 0.3) is 5.91 Å². The minimum Gasteiger partial charge on any atom is -0.338 e. The van der Waals surface area contributed by atoms with Gasteiger partial charge in [-0.15, -0.1) is 11.3 Å². The lowest BCUT2D eigenvalue weighted by Gasteiger charge is -2.36. The fourth-order valence-electron chi connectivity index (χ4n) is 3.33. The number of aromatic nitrogens is 2. The lowest BCUT2D eigenvalue weighted by molar-refractivity contribution is 0.0552. The zero-order valence-corrected chi connectivity index (χ0v) is 15.8. The van der Waals surface area contributed by atoms with E-state index in [0.29, 0.717) is 19.0 Å². The maximum Gasteiger partial charge on any atom is 0.253 e. The average molecular weight is 370 g/mol. The van der Waals surface area contributed by atoms with Gasteiger partial charge in [-0.25, -0.2) is 0 Å². The van der Waals surface area contributed by atoms with Gasteiger partial charge in [0, 0.05) is 42.9 Å². The van der Waals surface area contributed by atoms with Crippen molar-refractivity contribution in [2.45, 2.75) is 26.3 Å². The molecule has 0 spiro atoms. The summed E-state index contributed by atoms with van der Waals surface area (Å²) in [5, 5.41) is 7.17. The Morgan fingerprint density at radius 1 is 1.27 bits per heavy atom. The van der Waals surface area contributed by atoms with E-state index in [1.807, 2.05) is 30.0 Å². The van der Waals surface area contributed by atoms with Crippen LogP contribution in [0.4, 0.5) is 0 Å². The highest BCUT2D eigenvalue weighted by atomic mass is 32.1. The van der Waals surface area contributed by atoms with Crippen LogP contribution < -0.4 is 0 Å². The molecule has 136 valence electrons. The Balaban J connectivity index is 1.40. The second kappa shape index (κ2) is 7.17. The van der Waals surface area contributed by atoms with Crippen molar-refractivity contribution in [3.8, 4) is 0 Å². The van der Waals surface area contributed by atoms with Crippen molar-refractivity contribution in [3.05, 3.63) is 46.9 Å². The maximum atomic E-state index is 12.8. The number of aryl methyl sites for hydroxylation is 1. The summed E-state index contributed by atoms with van der Waals surface area (Å²) in [5.41, 5.74) is 0.766. The number of nitrogens with zero attached hydrogens (tertiary/aromatic N) is 4. The number of hydrogen-bond acceptors (Lipinski definition) is 6. The molecule has 0 aliphatic carbocycles. The van der Waals surface area contributed by atoms with E-state index in [1.165, 1.54) is 4.70 Å². The molecular weight excluding hydrogens is 348 g/mol. The van der Waals surface area contributed by atoms with Crippen LogP contribution >= 0.6 is 11.3 Å². The third-order valence-electron chi connectivity index (χ3n) is 5.01. The molecule has 1 unspecified atom stereocenters. The van der Waals surface area contributed by atoms with Gasteiger partial charge < -0.3 is 9.42 Å². The van der Waals surface area contributed by atoms with E-state index in [9.17, 15) is 4.79 Å². The highest BCUT2D eigenvalue weighted by Crippen LogP contribution is 2.24. The molecule has 0 N–H and O–H groups in total. The summed E-state index contributed by atoms with van der Waals surface area (Å²) < 4.78 is 6.58. The first-order chi connectivity index (χ1) is 12.7. The molecule has 1 aliphatic rings. The summed E-state index contributed by atoms with van der Waals surface area (Å²) in [6, 6.07) is 8.09. The van der Waals surface area contributed by atoms with Crippen LogP contribution in [0.5, 0.6) is 0 Å². The summed E-state index contributed by atoms with van der Waals surface area (Å²) in [7, 11) is 0. The van der Waals surface area contributed by atoms with Crippen molar-refractivity contribution in [3.63, 3.8) is 0 Å². The van der Waals surface area contributed by atoms with Gasteiger partial charge in [0.1, 0.15) is 0 Å². The predicted molar refractivity (Wildman–Crippen MR) is 101 cm³/mol. The Labute approximate surface area is 156 Å². The Kier molecular flexibility index (Phi) is 4.74. The molecule has 1 aliphatic heterocycles. The third-order valence-corrected chi connectivity index (χ3v) is 5.90. The van der Waals surface area contributed by atoms with Crippen molar-refractivity contribution in [2.75, 3.05) is 26.2 Å². The van der Waals surface area contributed by atoms with Gasteiger partial charge in [-0.1, -0.05) is 12.1 Å². The van der Waals surface area contributed by atoms with Crippen LogP contribution in [0, 0.1) is 0 Å². The van der Waals surface area contributed by atoms with Crippen LogP contribution in [-0.2, 0) is 6.42 Å². The minimum atomic E-state index is 0.0715. The molecule has 1 amide bonds.